The van der Waals surface area contributed by atoms with Crippen molar-refractivity contribution in [2.45, 2.75) is 19.9 Å². The van der Waals surface area contributed by atoms with Gasteiger partial charge in [-0.2, -0.15) is 0 Å². The highest BCUT2D eigenvalue weighted by atomic mass is 32.1. The number of piperazine rings is 1. The Kier molecular flexibility index (Phi) is 7.71. The molecule has 7 nitrogen and oxygen atoms in total. The largest absolute Gasteiger partial charge is 0.497 e. The number of rotatable bonds is 8. The summed E-state index contributed by atoms with van der Waals surface area (Å²) in [5, 5.41) is 6.18. The van der Waals surface area contributed by atoms with Crippen molar-refractivity contribution in [2.75, 3.05) is 57.8 Å². The van der Waals surface area contributed by atoms with Crippen LogP contribution in [-0.4, -0.2) is 73.7 Å². The predicted octanol–water partition coefficient (Wildman–Crippen LogP) is 3.07. The Morgan fingerprint density at radius 3 is 2.66 bits per heavy atom. The van der Waals surface area contributed by atoms with Crippen LogP contribution in [0.15, 0.2) is 35.8 Å². The van der Waals surface area contributed by atoms with Gasteiger partial charge in [-0.15, -0.1) is 11.3 Å². The van der Waals surface area contributed by atoms with Gasteiger partial charge in [-0.25, -0.2) is 9.78 Å². The van der Waals surface area contributed by atoms with Crippen LogP contribution in [0, 0.1) is 0 Å². The first-order chi connectivity index (χ1) is 14.2. The molecule has 0 unspecified atom stereocenters. The molecule has 1 saturated heterocycles. The van der Waals surface area contributed by atoms with Crippen LogP contribution in [0.4, 0.5) is 9.93 Å². The van der Waals surface area contributed by atoms with Crippen LogP contribution in [-0.2, 0) is 0 Å². The number of amides is 2. The van der Waals surface area contributed by atoms with E-state index in [1.807, 2.05) is 28.6 Å². The van der Waals surface area contributed by atoms with E-state index in [1.165, 1.54) is 0 Å². The van der Waals surface area contributed by atoms with E-state index in [0.29, 0.717) is 19.6 Å². The number of methoxy groups -OCH3 is 1. The molecule has 1 N–H and O–H groups in total. The summed E-state index contributed by atoms with van der Waals surface area (Å²) in [6.45, 7) is 9.75. The maximum absolute atomic E-state index is 12.8. The molecule has 1 aromatic carbocycles. The van der Waals surface area contributed by atoms with Crippen molar-refractivity contribution in [3.8, 4) is 5.75 Å². The molecule has 1 aliphatic rings. The molecule has 2 heterocycles. The number of benzene rings is 1. The van der Waals surface area contributed by atoms with Gasteiger partial charge in [0, 0.05) is 44.3 Å². The summed E-state index contributed by atoms with van der Waals surface area (Å²) in [6, 6.07) is 8.23. The highest BCUT2D eigenvalue weighted by molar-refractivity contribution is 7.13. The number of likely N-dealkylation sites (N-methyl/N-ethyl adjacent to an activating group) is 1. The van der Waals surface area contributed by atoms with Gasteiger partial charge in [0.15, 0.2) is 5.13 Å². The zero-order valence-corrected chi connectivity index (χ0v) is 18.3. The lowest BCUT2D eigenvalue weighted by Gasteiger charge is -2.35. The maximum atomic E-state index is 12.8. The van der Waals surface area contributed by atoms with Gasteiger partial charge in [-0.1, -0.05) is 26.0 Å². The standard InChI is InChI=1S/C21H31N5O2S/c1-4-24(5-2)19(17-7-6-8-18(15-17)28-3)16-23-20(27)25-10-12-26(13-11-25)21-22-9-14-29-21/h6-9,14-15,19H,4-5,10-13,16H2,1-3H3,(H,23,27)/t19-/m1/s1. The Balaban J connectivity index is 1.59. The summed E-state index contributed by atoms with van der Waals surface area (Å²) in [4.78, 5) is 23.6. The minimum absolute atomic E-state index is 0.00356. The monoisotopic (exact) mass is 417 g/mol. The highest BCUT2D eigenvalue weighted by Crippen LogP contribution is 2.24. The van der Waals surface area contributed by atoms with Crippen molar-refractivity contribution >= 4 is 22.5 Å². The Morgan fingerprint density at radius 2 is 2.03 bits per heavy atom. The number of ether oxygens (including phenoxy) is 1. The summed E-state index contributed by atoms with van der Waals surface area (Å²) in [6.07, 6.45) is 1.82. The quantitative estimate of drug-likeness (QED) is 0.715. The first-order valence-electron chi connectivity index (χ1n) is 10.2. The lowest BCUT2D eigenvalue weighted by atomic mass is 10.0. The van der Waals surface area contributed by atoms with E-state index < -0.39 is 0 Å². The Morgan fingerprint density at radius 1 is 1.28 bits per heavy atom. The molecular weight excluding hydrogens is 386 g/mol. The van der Waals surface area contributed by atoms with Crippen molar-refractivity contribution < 1.29 is 9.53 Å². The number of nitrogens with zero attached hydrogens (tertiary/aromatic N) is 4. The van der Waals surface area contributed by atoms with E-state index in [4.69, 9.17) is 4.74 Å². The zero-order valence-electron chi connectivity index (χ0n) is 17.5. The van der Waals surface area contributed by atoms with E-state index in [0.717, 1.165) is 42.6 Å². The second-order valence-corrected chi connectivity index (χ2v) is 7.86. The number of urea groups is 1. The normalized spacial score (nSPS) is 15.4. The van der Waals surface area contributed by atoms with Crippen LogP contribution in [0.1, 0.15) is 25.5 Å². The topological polar surface area (TPSA) is 60.9 Å². The average Bonchev–Trinajstić information content (AvgIpc) is 3.31. The summed E-state index contributed by atoms with van der Waals surface area (Å²) in [7, 11) is 1.68. The molecule has 0 saturated carbocycles. The SMILES string of the molecule is CCN(CC)[C@H](CNC(=O)N1CCN(c2nccs2)CC1)c1cccc(OC)c1. The van der Waals surface area contributed by atoms with Gasteiger partial charge in [-0.05, 0) is 30.8 Å². The molecule has 3 rings (SSSR count). The van der Waals surface area contributed by atoms with E-state index in [9.17, 15) is 4.79 Å². The number of carbonyl (C=O) groups is 1. The van der Waals surface area contributed by atoms with E-state index in [-0.39, 0.29) is 12.1 Å². The second-order valence-electron chi connectivity index (χ2n) is 6.99. The molecule has 1 aliphatic heterocycles. The fourth-order valence-electron chi connectivity index (χ4n) is 3.74. The third-order valence-electron chi connectivity index (χ3n) is 5.44. The average molecular weight is 418 g/mol. The molecule has 2 aromatic rings. The molecule has 1 fully saturated rings. The fourth-order valence-corrected chi connectivity index (χ4v) is 4.44. The van der Waals surface area contributed by atoms with Gasteiger partial charge in [0.1, 0.15) is 5.75 Å². The van der Waals surface area contributed by atoms with E-state index in [2.05, 4.69) is 46.1 Å². The highest BCUT2D eigenvalue weighted by Gasteiger charge is 2.24. The van der Waals surface area contributed by atoms with Crippen molar-refractivity contribution in [1.29, 1.82) is 0 Å². The molecule has 0 radical (unpaired) electrons. The molecule has 1 aromatic heterocycles. The summed E-state index contributed by atoms with van der Waals surface area (Å²) < 4.78 is 5.39. The number of hydrogen-bond acceptors (Lipinski definition) is 6. The molecule has 29 heavy (non-hydrogen) atoms. The van der Waals surface area contributed by atoms with Crippen LogP contribution >= 0.6 is 11.3 Å². The number of thiazole rings is 1. The number of carbonyl (C=O) groups excluding carboxylic acids is 1. The van der Waals surface area contributed by atoms with Crippen LogP contribution in [0.2, 0.25) is 0 Å². The minimum atomic E-state index is 0.00356. The molecule has 0 bridgehead atoms. The van der Waals surface area contributed by atoms with E-state index in [1.54, 1.807) is 18.4 Å². The molecule has 1 atom stereocenters. The third-order valence-corrected chi connectivity index (χ3v) is 6.27. The first kappa shape index (κ1) is 21.4. The van der Waals surface area contributed by atoms with Crippen molar-refractivity contribution in [3.05, 3.63) is 41.4 Å². The number of nitrogens with one attached hydrogen (secondary N) is 1. The zero-order chi connectivity index (χ0) is 20.6. The molecule has 2 amide bonds. The Hall–Kier alpha value is -2.32. The lowest BCUT2D eigenvalue weighted by molar-refractivity contribution is 0.180. The summed E-state index contributed by atoms with van der Waals surface area (Å²) >= 11 is 1.64. The number of aromatic nitrogens is 1. The van der Waals surface area contributed by atoms with Gasteiger partial charge in [-0.3, -0.25) is 4.90 Å². The fraction of sp³-hybridized carbons (Fsp3) is 0.524. The van der Waals surface area contributed by atoms with Gasteiger partial charge in [0.25, 0.3) is 0 Å². The maximum Gasteiger partial charge on any atom is 0.317 e. The van der Waals surface area contributed by atoms with E-state index >= 15 is 0 Å². The predicted molar refractivity (Wildman–Crippen MR) is 118 cm³/mol. The van der Waals surface area contributed by atoms with Crippen molar-refractivity contribution in [3.63, 3.8) is 0 Å². The van der Waals surface area contributed by atoms with Crippen molar-refractivity contribution in [1.82, 2.24) is 20.1 Å². The molecule has 8 heteroatoms. The third kappa shape index (κ3) is 5.39. The molecule has 158 valence electrons. The van der Waals surface area contributed by atoms with Crippen LogP contribution in [0.5, 0.6) is 5.75 Å². The second kappa shape index (κ2) is 10.5. The van der Waals surface area contributed by atoms with Crippen LogP contribution in [0.25, 0.3) is 0 Å². The Labute approximate surface area is 177 Å². The summed E-state index contributed by atoms with van der Waals surface area (Å²) in [5.74, 6) is 0.837. The first-order valence-corrected chi connectivity index (χ1v) is 11.1. The minimum Gasteiger partial charge on any atom is -0.497 e. The van der Waals surface area contributed by atoms with Gasteiger partial charge >= 0.3 is 6.03 Å². The van der Waals surface area contributed by atoms with Gasteiger partial charge < -0.3 is 19.9 Å². The molecule has 0 spiro atoms. The van der Waals surface area contributed by atoms with Crippen molar-refractivity contribution in [2.24, 2.45) is 0 Å². The smallest absolute Gasteiger partial charge is 0.317 e. The number of hydrogen-bond donors (Lipinski definition) is 1. The molecule has 0 aliphatic carbocycles. The van der Waals surface area contributed by atoms with Gasteiger partial charge in [0.2, 0.25) is 0 Å². The number of anilines is 1. The lowest BCUT2D eigenvalue weighted by Crippen LogP contribution is -2.52. The summed E-state index contributed by atoms with van der Waals surface area (Å²) in [5.41, 5.74) is 1.15. The van der Waals surface area contributed by atoms with Crippen LogP contribution < -0.4 is 15.0 Å². The van der Waals surface area contributed by atoms with Crippen LogP contribution in [0.3, 0.4) is 0 Å². The Bertz CT molecular complexity index is 758. The van der Waals surface area contributed by atoms with Gasteiger partial charge in [0.05, 0.1) is 13.2 Å². The molecular formula is C21H31N5O2S.